The molecule has 2 aliphatic rings. The molecule has 0 spiro atoms. The molecule has 34 heavy (non-hydrogen) atoms. The second-order valence-corrected chi connectivity index (χ2v) is 9.08. The summed E-state index contributed by atoms with van der Waals surface area (Å²) in [5.74, 6) is 1.40. The van der Waals surface area contributed by atoms with Gasteiger partial charge < -0.3 is 19.9 Å². The summed E-state index contributed by atoms with van der Waals surface area (Å²) in [5, 5.41) is 4.34. The second kappa shape index (κ2) is 8.55. The predicted octanol–water partition coefficient (Wildman–Crippen LogP) is 3.92. The molecular formula is C25H27N7O2. The molecular weight excluding hydrogens is 430 g/mol. The van der Waals surface area contributed by atoms with Crippen LogP contribution in [0.5, 0.6) is 5.88 Å². The third-order valence-electron chi connectivity index (χ3n) is 7.05. The average Bonchev–Trinajstić information content (AvgIpc) is 3.50. The summed E-state index contributed by atoms with van der Waals surface area (Å²) in [7, 11) is 1.63. The summed E-state index contributed by atoms with van der Waals surface area (Å²) in [4.78, 5) is 35.6. The number of anilines is 1. The minimum atomic E-state index is 0.282. The Hall–Kier alpha value is -3.75. The Kier molecular flexibility index (Phi) is 5.24. The van der Waals surface area contributed by atoms with Crippen molar-refractivity contribution in [3.05, 3.63) is 36.8 Å². The molecule has 4 heterocycles. The molecule has 0 radical (unpaired) electrons. The summed E-state index contributed by atoms with van der Waals surface area (Å²) in [5.41, 5.74) is 4.36. The number of aromatic nitrogens is 5. The Bertz CT molecular complexity index is 1360. The number of carbonyl (C=O) groups excluding carboxylic acids is 1. The number of hydrogen-bond acceptors (Lipinski definition) is 7. The van der Waals surface area contributed by atoms with Gasteiger partial charge in [0.2, 0.25) is 17.7 Å². The molecule has 174 valence electrons. The fraction of sp³-hybridized carbons (Fsp3) is 0.400. The minimum absolute atomic E-state index is 0.282. The molecule has 2 fully saturated rings. The zero-order valence-electron chi connectivity index (χ0n) is 19.1. The maximum Gasteiger partial charge on any atom is 0.228 e. The molecule has 1 amide bonds. The van der Waals surface area contributed by atoms with E-state index in [1.54, 1.807) is 19.5 Å². The lowest BCUT2D eigenvalue weighted by Crippen LogP contribution is -2.41. The Labute approximate surface area is 197 Å². The smallest absolute Gasteiger partial charge is 0.228 e. The van der Waals surface area contributed by atoms with Crippen molar-refractivity contribution in [2.24, 2.45) is 0 Å². The molecule has 6 rings (SSSR count). The maximum atomic E-state index is 12.1. The number of H-pyrrole nitrogens is 1. The van der Waals surface area contributed by atoms with Crippen molar-refractivity contribution in [1.29, 1.82) is 0 Å². The molecule has 1 aliphatic carbocycles. The third-order valence-corrected chi connectivity index (χ3v) is 7.05. The van der Waals surface area contributed by atoms with Crippen molar-refractivity contribution in [2.45, 2.75) is 50.6 Å². The molecule has 0 unspecified atom stereocenters. The first-order valence-electron chi connectivity index (χ1n) is 11.9. The van der Waals surface area contributed by atoms with E-state index in [1.165, 1.54) is 0 Å². The molecule has 0 atom stereocenters. The first-order chi connectivity index (χ1) is 16.7. The van der Waals surface area contributed by atoms with Gasteiger partial charge >= 0.3 is 0 Å². The highest BCUT2D eigenvalue weighted by Crippen LogP contribution is 2.35. The van der Waals surface area contributed by atoms with Crippen LogP contribution in [0.15, 0.2) is 36.8 Å². The van der Waals surface area contributed by atoms with Crippen molar-refractivity contribution in [2.75, 3.05) is 19.0 Å². The molecule has 4 aromatic rings. The van der Waals surface area contributed by atoms with Crippen LogP contribution in [0.1, 0.15) is 38.5 Å². The topological polar surface area (TPSA) is 109 Å². The molecule has 1 saturated heterocycles. The zero-order chi connectivity index (χ0) is 23.1. The summed E-state index contributed by atoms with van der Waals surface area (Å²) in [6, 6.07) is 6.66. The predicted molar refractivity (Wildman–Crippen MR) is 130 cm³/mol. The number of fused-ring (bicyclic) bond motifs is 2. The van der Waals surface area contributed by atoms with E-state index in [4.69, 9.17) is 9.72 Å². The van der Waals surface area contributed by atoms with E-state index < -0.39 is 0 Å². The van der Waals surface area contributed by atoms with Gasteiger partial charge in [-0.1, -0.05) is 6.07 Å². The molecule has 1 aromatic carbocycles. The summed E-state index contributed by atoms with van der Waals surface area (Å²) < 4.78 is 5.68. The number of methoxy groups -OCH3 is 1. The van der Waals surface area contributed by atoms with E-state index in [9.17, 15) is 4.79 Å². The van der Waals surface area contributed by atoms with Crippen LogP contribution in [-0.4, -0.2) is 61.5 Å². The fourth-order valence-electron chi connectivity index (χ4n) is 5.34. The van der Waals surface area contributed by atoms with E-state index in [0.717, 1.165) is 71.8 Å². The van der Waals surface area contributed by atoms with Crippen LogP contribution in [0.3, 0.4) is 0 Å². The van der Waals surface area contributed by atoms with Gasteiger partial charge in [0.15, 0.2) is 0 Å². The van der Waals surface area contributed by atoms with E-state index >= 15 is 0 Å². The van der Waals surface area contributed by atoms with Crippen LogP contribution in [0.25, 0.3) is 33.2 Å². The highest BCUT2D eigenvalue weighted by atomic mass is 16.5. The standard InChI is InChI=1S/C25H27N7O2/c1-34-24-22-18(15-4-9-19-20(13-15)27-11-10-26-19)14-28-23(22)30-25(31-24)29-16-5-7-17(8-6-16)32-12-2-3-21(32)33/h4,9-11,13-14,16-17H,2-3,5-8,12H2,1H3,(H2,28,29,30,31). The quantitative estimate of drug-likeness (QED) is 0.467. The fourth-order valence-corrected chi connectivity index (χ4v) is 5.34. The lowest BCUT2D eigenvalue weighted by molar-refractivity contribution is -0.130. The summed E-state index contributed by atoms with van der Waals surface area (Å²) >= 11 is 0. The van der Waals surface area contributed by atoms with Crippen molar-refractivity contribution in [3.8, 4) is 17.0 Å². The molecule has 0 bridgehead atoms. The molecule has 1 saturated carbocycles. The van der Waals surface area contributed by atoms with Crippen LogP contribution < -0.4 is 10.1 Å². The summed E-state index contributed by atoms with van der Waals surface area (Å²) in [6.07, 6.45) is 11.0. The molecule has 9 nitrogen and oxygen atoms in total. The van der Waals surface area contributed by atoms with Gasteiger partial charge in [-0.05, 0) is 49.8 Å². The molecule has 2 N–H and O–H groups in total. The van der Waals surface area contributed by atoms with Gasteiger partial charge in [0.25, 0.3) is 0 Å². The third kappa shape index (κ3) is 3.70. The van der Waals surface area contributed by atoms with Crippen LogP contribution in [-0.2, 0) is 4.79 Å². The first-order valence-corrected chi connectivity index (χ1v) is 11.9. The van der Waals surface area contributed by atoms with Crippen molar-refractivity contribution in [3.63, 3.8) is 0 Å². The van der Waals surface area contributed by atoms with Gasteiger partial charge in [0.05, 0.1) is 23.5 Å². The molecule has 9 heteroatoms. The van der Waals surface area contributed by atoms with Gasteiger partial charge in [-0.2, -0.15) is 9.97 Å². The Morgan fingerprint density at radius 1 is 1.09 bits per heavy atom. The lowest BCUT2D eigenvalue weighted by Gasteiger charge is -2.34. The minimum Gasteiger partial charge on any atom is -0.480 e. The van der Waals surface area contributed by atoms with Gasteiger partial charge in [0.1, 0.15) is 5.65 Å². The van der Waals surface area contributed by atoms with Crippen LogP contribution in [0.2, 0.25) is 0 Å². The normalized spacial score (nSPS) is 20.9. The van der Waals surface area contributed by atoms with Crippen LogP contribution >= 0.6 is 0 Å². The van der Waals surface area contributed by atoms with Gasteiger partial charge in [-0.15, -0.1) is 0 Å². The van der Waals surface area contributed by atoms with Crippen LogP contribution in [0.4, 0.5) is 5.95 Å². The van der Waals surface area contributed by atoms with Crippen molar-refractivity contribution in [1.82, 2.24) is 29.8 Å². The number of hydrogen-bond donors (Lipinski definition) is 2. The highest BCUT2D eigenvalue weighted by molar-refractivity contribution is 5.99. The number of nitrogens with one attached hydrogen (secondary N) is 2. The van der Waals surface area contributed by atoms with Crippen molar-refractivity contribution >= 4 is 33.9 Å². The Morgan fingerprint density at radius 3 is 2.68 bits per heavy atom. The highest BCUT2D eigenvalue weighted by Gasteiger charge is 2.31. The lowest BCUT2D eigenvalue weighted by atomic mass is 9.90. The average molecular weight is 458 g/mol. The van der Waals surface area contributed by atoms with Crippen LogP contribution in [0, 0.1) is 0 Å². The number of nitrogens with zero attached hydrogens (tertiary/aromatic N) is 5. The maximum absolute atomic E-state index is 12.1. The van der Waals surface area contributed by atoms with Gasteiger partial charge in [-0.25, -0.2) is 0 Å². The SMILES string of the molecule is COc1nc(NC2CCC(N3CCCC3=O)CC2)nc2[nH]cc(-c3ccc4nccnc4c3)c12. The molecule has 3 aromatic heterocycles. The van der Waals surface area contributed by atoms with E-state index in [1.807, 2.05) is 24.4 Å². The van der Waals surface area contributed by atoms with E-state index in [2.05, 4.69) is 30.2 Å². The second-order valence-electron chi connectivity index (χ2n) is 9.08. The van der Waals surface area contributed by atoms with Crippen molar-refractivity contribution < 1.29 is 9.53 Å². The van der Waals surface area contributed by atoms with E-state index in [-0.39, 0.29) is 6.04 Å². The van der Waals surface area contributed by atoms with E-state index in [0.29, 0.717) is 30.2 Å². The summed E-state index contributed by atoms with van der Waals surface area (Å²) in [6.45, 7) is 0.914. The number of amides is 1. The molecule has 1 aliphatic heterocycles. The Morgan fingerprint density at radius 2 is 1.91 bits per heavy atom. The number of likely N-dealkylation sites (tertiary alicyclic amines) is 1. The number of ether oxygens (including phenoxy) is 1. The number of rotatable bonds is 5. The number of carbonyl (C=O) groups is 1. The number of aromatic amines is 1. The van der Waals surface area contributed by atoms with Gasteiger partial charge in [0, 0.05) is 49.2 Å². The largest absolute Gasteiger partial charge is 0.480 e. The first kappa shape index (κ1) is 20.8. The van der Waals surface area contributed by atoms with Gasteiger partial charge in [-0.3, -0.25) is 14.8 Å². The zero-order valence-corrected chi connectivity index (χ0v) is 19.1. The number of benzene rings is 1. The Balaban J connectivity index is 1.23. The monoisotopic (exact) mass is 457 g/mol.